The highest BCUT2D eigenvalue weighted by Crippen LogP contribution is 2.47. The number of piperidine rings is 1. The number of nitriles is 1. The number of nitrogens with zero attached hydrogens (tertiary/aromatic N) is 2. The topological polar surface area (TPSA) is 56.1 Å². The van der Waals surface area contributed by atoms with Gasteiger partial charge in [-0.3, -0.25) is 4.79 Å². The molecule has 1 aliphatic heterocycles. The molecule has 1 aromatic carbocycles. The molecule has 1 N–H and O–H groups in total. The van der Waals surface area contributed by atoms with Gasteiger partial charge in [0.25, 0.3) is 0 Å². The molecular formula is C19H22F3N3O. The van der Waals surface area contributed by atoms with Crippen molar-refractivity contribution in [3.05, 3.63) is 35.9 Å². The molecule has 2 fully saturated rings. The summed E-state index contributed by atoms with van der Waals surface area (Å²) >= 11 is 0. The van der Waals surface area contributed by atoms with Crippen LogP contribution in [0.2, 0.25) is 0 Å². The number of benzene rings is 1. The van der Waals surface area contributed by atoms with E-state index in [4.69, 9.17) is 0 Å². The monoisotopic (exact) mass is 365 g/mol. The maximum Gasteiger partial charge on any atom is 0.471 e. The van der Waals surface area contributed by atoms with Crippen molar-refractivity contribution in [2.24, 2.45) is 5.41 Å². The fourth-order valence-corrected chi connectivity index (χ4v) is 3.96. The Labute approximate surface area is 151 Å². The van der Waals surface area contributed by atoms with Crippen LogP contribution >= 0.6 is 0 Å². The highest BCUT2D eigenvalue weighted by molar-refractivity contribution is 5.82. The van der Waals surface area contributed by atoms with Crippen LogP contribution in [-0.2, 0) is 4.79 Å². The first-order valence-corrected chi connectivity index (χ1v) is 8.87. The van der Waals surface area contributed by atoms with Crippen molar-refractivity contribution in [2.45, 2.75) is 43.8 Å². The second-order valence-corrected chi connectivity index (χ2v) is 7.34. The smallest absolute Gasteiger partial charge is 0.331 e. The molecule has 0 unspecified atom stereocenters. The van der Waals surface area contributed by atoms with E-state index >= 15 is 0 Å². The van der Waals surface area contributed by atoms with E-state index in [2.05, 4.69) is 11.4 Å². The van der Waals surface area contributed by atoms with Crippen LogP contribution in [0.5, 0.6) is 0 Å². The van der Waals surface area contributed by atoms with Gasteiger partial charge >= 0.3 is 12.1 Å². The Morgan fingerprint density at radius 2 is 1.92 bits per heavy atom. The van der Waals surface area contributed by atoms with E-state index in [0.717, 1.165) is 10.5 Å². The highest BCUT2D eigenvalue weighted by Gasteiger charge is 2.53. The van der Waals surface area contributed by atoms with Crippen LogP contribution in [-0.4, -0.2) is 42.7 Å². The summed E-state index contributed by atoms with van der Waals surface area (Å²) in [6.45, 7) is 1.31. The van der Waals surface area contributed by atoms with E-state index < -0.39 is 23.5 Å². The fourth-order valence-electron chi connectivity index (χ4n) is 3.96. The van der Waals surface area contributed by atoms with Gasteiger partial charge < -0.3 is 10.2 Å². The molecule has 26 heavy (non-hydrogen) atoms. The highest BCUT2D eigenvalue weighted by atomic mass is 19.4. The molecule has 1 amide bonds. The molecule has 1 heterocycles. The lowest BCUT2D eigenvalue weighted by Crippen LogP contribution is -2.51. The molecule has 3 rings (SSSR count). The average Bonchev–Trinajstić information content (AvgIpc) is 3.41. The number of halogens is 3. The molecule has 1 saturated carbocycles. The standard InChI is InChI=1S/C19H22F3N3O/c20-19(21,22)17(26)25(13-18(6-9-23)7-10-24-11-8-18)16-12-15(16)14-4-2-1-3-5-14/h1-5,15-16,24H,6-8,10-13H2/t15-,16+/m0/s1. The Balaban J connectivity index is 1.83. The van der Waals surface area contributed by atoms with Crippen LogP contribution < -0.4 is 5.32 Å². The summed E-state index contributed by atoms with van der Waals surface area (Å²) in [7, 11) is 0. The molecular weight excluding hydrogens is 343 g/mol. The van der Waals surface area contributed by atoms with Gasteiger partial charge in [0, 0.05) is 30.3 Å². The summed E-state index contributed by atoms with van der Waals surface area (Å²) in [6, 6.07) is 11.0. The minimum atomic E-state index is -4.90. The maximum atomic E-state index is 13.2. The van der Waals surface area contributed by atoms with Crippen LogP contribution in [0, 0.1) is 16.7 Å². The third-order valence-corrected chi connectivity index (χ3v) is 5.51. The molecule has 4 nitrogen and oxygen atoms in total. The predicted octanol–water partition coefficient (Wildman–Crippen LogP) is 3.22. The zero-order chi connectivity index (χ0) is 18.8. The van der Waals surface area contributed by atoms with Crippen LogP contribution in [0.25, 0.3) is 0 Å². The van der Waals surface area contributed by atoms with E-state index in [-0.39, 0.29) is 18.9 Å². The van der Waals surface area contributed by atoms with Crippen molar-refractivity contribution in [3.63, 3.8) is 0 Å². The van der Waals surface area contributed by atoms with Gasteiger partial charge in [0.05, 0.1) is 6.07 Å². The van der Waals surface area contributed by atoms with Crippen LogP contribution in [0.15, 0.2) is 30.3 Å². The summed E-state index contributed by atoms with van der Waals surface area (Å²) in [5, 5.41) is 12.4. The minimum Gasteiger partial charge on any atom is -0.331 e. The second-order valence-electron chi connectivity index (χ2n) is 7.34. The SMILES string of the molecule is N#CCC1(CN(C(=O)C(F)(F)F)[C@@H]2C[C@H]2c2ccccc2)CCNCC1. The van der Waals surface area contributed by atoms with E-state index in [1.807, 2.05) is 30.3 Å². The van der Waals surface area contributed by atoms with Gasteiger partial charge in [-0.2, -0.15) is 18.4 Å². The largest absolute Gasteiger partial charge is 0.471 e. The Morgan fingerprint density at radius 3 is 2.50 bits per heavy atom. The number of hydrogen-bond donors (Lipinski definition) is 1. The molecule has 2 aliphatic rings. The summed E-state index contributed by atoms with van der Waals surface area (Å²) in [4.78, 5) is 13.1. The molecule has 1 aliphatic carbocycles. The van der Waals surface area contributed by atoms with Gasteiger partial charge in [0.1, 0.15) is 0 Å². The van der Waals surface area contributed by atoms with E-state index in [9.17, 15) is 23.2 Å². The second kappa shape index (κ2) is 7.28. The average molecular weight is 365 g/mol. The first-order chi connectivity index (χ1) is 12.4. The Kier molecular flexibility index (Phi) is 5.24. The molecule has 140 valence electrons. The first-order valence-electron chi connectivity index (χ1n) is 8.87. The lowest BCUT2D eigenvalue weighted by Gasteiger charge is -2.40. The molecule has 0 spiro atoms. The van der Waals surface area contributed by atoms with Gasteiger partial charge in [0.15, 0.2) is 0 Å². The number of alkyl halides is 3. The van der Waals surface area contributed by atoms with Gasteiger partial charge in [-0.25, -0.2) is 0 Å². The third kappa shape index (κ3) is 4.01. The van der Waals surface area contributed by atoms with Gasteiger partial charge in [0.2, 0.25) is 0 Å². The Hall–Kier alpha value is -2.07. The van der Waals surface area contributed by atoms with E-state index in [1.54, 1.807) is 0 Å². The van der Waals surface area contributed by atoms with Crippen molar-refractivity contribution >= 4 is 5.91 Å². The van der Waals surface area contributed by atoms with Crippen molar-refractivity contribution < 1.29 is 18.0 Å². The normalized spacial score (nSPS) is 24.5. The molecule has 2 atom stereocenters. The van der Waals surface area contributed by atoms with Gasteiger partial charge in [-0.15, -0.1) is 0 Å². The van der Waals surface area contributed by atoms with Crippen molar-refractivity contribution in [2.75, 3.05) is 19.6 Å². The molecule has 1 aromatic rings. The van der Waals surface area contributed by atoms with Crippen LogP contribution in [0.3, 0.4) is 0 Å². The lowest BCUT2D eigenvalue weighted by atomic mass is 9.76. The quantitative estimate of drug-likeness (QED) is 0.872. The summed E-state index contributed by atoms with van der Waals surface area (Å²) in [5.74, 6) is -1.85. The van der Waals surface area contributed by atoms with E-state index in [1.165, 1.54) is 0 Å². The molecule has 0 aromatic heterocycles. The number of carbonyl (C=O) groups is 1. The molecule has 0 bridgehead atoms. The van der Waals surface area contributed by atoms with Gasteiger partial charge in [-0.05, 0) is 37.9 Å². The number of rotatable bonds is 5. The number of carbonyl (C=O) groups excluding carboxylic acids is 1. The molecule has 0 radical (unpaired) electrons. The minimum absolute atomic E-state index is 0.00537. The Bertz CT molecular complexity index is 678. The lowest BCUT2D eigenvalue weighted by molar-refractivity contribution is -0.188. The summed E-state index contributed by atoms with van der Waals surface area (Å²) in [6.07, 6.45) is -2.99. The maximum absolute atomic E-state index is 13.2. The van der Waals surface area contributed by atoms with Crippen molar-refractivity contribution in [3.8, 4) is 6.07 Å². The number of amides is 1. The molecule has 7 heteroatoms. The Morgan fingerprint density at radius 1 is 1.27 bits per heavy atom. The third-order valence-electron chi connectivity index (χ3n) is 5.51. The van der Waals surface area contributed by atoms with Crippen molar-refractivity contribution in [1.82, 2.24) is 10.2 Å². The fraction of sp³-hybridized carbons (Fsp3) is 0.579. The summed E-state index contributed by atoms with van der Waals surface area (Å²) in [5.41, 5.74) is 0.391. The van der Waals surface area contributed by atoms with Crippen molar-refractivity contribution in [1.29, 1.82) is 5.26 Å². The van der Waals surface area contributed by atoms with E-state index in [0.29, 0.717) is 32.4 Å². The molecule has 1 saturated heterocycles. The van der Waals surface area contributed by atoms with Crippen LogP contribution in [0.4, 0.5) is 13.2 Å². The van der Waals surface area contributed by atoms with Gasteiger partial charge in [-0.1, -0.05) is 30.3 Å². The number of hydrogen-bond acceptors (Lipinski definition) is 3. The zero-order valence-electron chi connectivity index (χ0n) is 14.4. The number of nitrogens with one attached hydrogen (secondary N) is 1. The first kappa shape index (κ1) is 18.7. The van der Waals surface area contributed by atoms with Crippen LogP contribution in [0.1, 0.15) is 37.2 Å². The summed E-state index contributed by atoms with van der Waals surface area (Å²) < 4.78 is 39.6. The zero-order valence-corrected chi connectivity index (χ0v) is 14.4. The predicted molar refractivity (Wildman–Crippen MR) is 90.1 cm³/mol.